The normalized spacial score (nSPS) is 19.7. The highest BCUT2D eigenvalue weighted by atomic mass is 28.4. The van der Waals surface area contributed by atoms with Crippen LogP contribution in [0, 0.1) is 0 Å². The van der Waals surface area contributed by atoms with Gasteiger partial charge in [0.05, 0.1) is 12.7 Å². The Kier molecular flexibility index (Phi) is 6.12. The van der Waals surface area contributed by atoms with Gasteiger partial charge in [-0.2, -0.15) is 0 Å². The van der Waals surface area contributed by atoms with Gasteiger partial charge in [-0.1, -0.05) is 20.8 Å². The van der Waals surface area contributed by atoms with Crippen molar-refractivity contribution in [1.29, 1.82) is 0 Å². The molecule has 0 bridgehead atoms. The van der Waals surface area contributed by atoms with Gasteiger partial charge in [0.2, 0.25) is 0 Å². The molecule has 0 fully saturated rings. The van der Waals surface area contributed by atoms with Crippen LogP contribution >= 0.6 is 0 Å². The van der Waals surface area contributed by atoms with Gasteiger partial charge in [-0.3, -0.25) is 0 Å². The van der Waals surface area contributed by atoms with Crippen molar-refractivity contribution in [2.24, 2.45) is 0 Å². The van der Waals surface area contributed by atoms with E-state index in [-0.39, 0.29) is 11.8 Å². The number of benzene rings is 1. The molecule has 1 heterocycles. The zero-order chi connectivity index (χ0) is 19.8. The highest BCUT2D eigenvalue weighted by Gasteiger charge is 2.39. The van der Waals surface area contributed by atoms with Crippen LogP contribution < -0.4 is 9.47 Å². The summed E-state index contributed by atoms with van der Waals surface area (Å²) in [5.74, 6) is 1.44. The van der Waals surface area contributed by atoms with Crippen LogP contribution in [0.2, 0.25) is 18.1 Å². The molecule has 0 aromatic heterocycles. The molecule has 1 atom stereocenters. The monoisotopic (exact) mass is 382 g/mol. The van der Waals surface area contributed by atoms with Gasteiger partial charge in [-0.05, 0) is 49.7 Å². The Bertz CT molecular complexity index is 634. The fraction of sp³-hybridized carbons (Fsp3) is 0.700. The van der Waals surface area contributed by atoms with Crippen molar-refractivity contribution in [3.05, 3.63) is 23.3 Å². The first-order chi connectivity index (χ1) is 11.9. The van der Waals surface area contributed by atoms with Crippen molar-refractivity contribution >= 4 is 8.32 Å². The van der Waals surface area contributed by atoms with Crippen molar-refractivity contribution in [1.82, 2.24) is 0 Å². The predicted octanol–water partition coefficient (Wildman–Crippen LogP) is 4.27. The molecule has 2 rings (SSSR count). The third-order valence-electron chi connectivity index (χ3n) is 5.54. The van der Waals surface area contributed by atoms with Gasteiger partial charge >= 0.3 is 0 Å². The lowest BCUT2D eigenvalue weighted by Crippen LogP contribution is -2.46. The van der Waals surface area contributed by atoms with Crippen molar-refractivity contribution in [2.75, 3.05) is 13.9 Å². The Balaban J connectivity index is 2.31. The average Bonchev–Trinajstić information content (AvgIpc) is 2.50. The Morgan fingerprint density at radius 2 is 1.92 bits per heavy atom. The molecule has 0 aliphatic carbocycles. The second-order valence-electron chi connectivity index (χ2n) is 9.10. The fourth-order valence-electron chi connectivity index (χ4n) is 2.57. The van der Waals surface area contributed by atoms with Crippen LogP contribution in [0.4, 0.5) is 0 Å². The molecule has 0 unspecified atom stereocenters. The summed E-state index contributed by atoms with van der Waals surface area (Å²) in [5.41, 5.74) is 1.25. The van der Waals surface area contributed by atoms with Gasteiger partial charge in [-0.25, -0.2) is 0 Å². The number of methoxy groups -OCH3 is 1. The highest BCUT2D eigenvalue weighted by Crippen LogP contribution is 2.41. The number of hydrogen-bond acceptors (Lipinski definition) is 5. The third-order valence-corrected chi connectivity index (χ3v) is 10.0. The lowest BCUT2D eigenvalue weighted by atomic mass is 9.90. The Morgan fingerprint density at radius 1 is 1.27 bits per heavy atom. The summed E-state index contributed by atoms with van der Waals surface area (Å²) in [4.78, 5) is 0. The van der Waals surface area contributed by atoms with Crippen LogP contribution in [-0.2, 0) is 22.2 Å². The molecule has 1 N–H and O–H groups in total. The smallest absolute Gasteiger partial charge is 0.192 e. The van der Waals surface area contributed by atoms with Gasteiger partial charge in [-0.15, -0.1) is 0 Å². The second kappa shape index (κ2) is 7.50. The molecule has 6 heteroatoms. The maximum Gasteiger partial charge on any atom is 0.192 e. The van der Waals surface area contributed by atoms with Crippen LogP contribution in [0.3, 0.4) is 0 Å². The summed E-state index contributed by atoms with van der Waals surface area (Å²) in [5, 5.41) is 10.5. The molecular formula is C20H34O5Si. The predicted molar refractivity (Wildman–Crippen MR) is 105 cm³/mol. The van der Waals surface area contributed by atoms with E-state index in [1.807, 2.05) is 26.0 Å². The van der Waals surface area contributed by atoms with E-state index in [4.69, 9.17) is 18.6 Å². The SMILES string of the molecule is COCOc1cc(CO[Si](C)(C)C(C)(C)C)cc2c1C[C@H](O)C(C)(C)O2. The topological polar surface area (TPSA) is 57.2 Å². The maximum absolute atomic E-state index is 10.4. The zero-order valence-electron chi connectivity index (χ0n) is 17.4. The molecule has 0 saturated heterocycles. The van der Waals surface area contributed by atoms with Gasteiger partial charge in [0.1, 0.15) is 17.1 Å². The summed E-state index contributed by atoms with van der Waals surface area (Å²) < 4.78 is 23.2. The van der Waals surface area contributed by atoms with Crippen LogP contribution in [0.1, 0.15) is 45.7 Å². The number of aliphatic hydroxyl groups is 1. The van der Waals surface area contributed by atoms with E-state index < -0.39 is 20.0 Å². The molecule has 1 aromatic rings. The van der Waals surface area contributed by atoms with Gasteiger partial charge < -0.3 is 23.7 Å². The first-order valence-corrected chi connectivity index (χ1v) is 12.1. The molecular weight excluding hydrogens is 348 g/mol. The van der Waals surface area contributed by atoms with Crippen molar-refractivity contribution < 1.29 is 23.7 Å². The summed E-state index contributed by atoms with van der Waals surface area (Å²) in [6.45, 7) is 15.6. The molecule has 26 heavy (non-hydrogen) atoms. The molecule has 1 aromatic carbocycles. The fourth-order valence-corrected chi connectivity index (χ4v) is 3.53. The molecule has 1 aliphatic heterocycles. The quantitative estimate of drug-likeness (QED) is 0.588. The molecule has 0 amide bonds. The zero-order valence-corrected chi connectivity index (χ0v) is 18.4. The van der Waals surface area contributed by atoms with Crippen molar-refractivity contribution in [3.8, 4) is 11.5 Å². The lowest BCUT2D eigenvalue weighted by molar-refractivity contribution is -0.0427. The van der Waals surface area contributed by atoms with Crippen LogP contribution in [-0.4, -0.2) is 39.0 Å². The second-order valence-corrected chi connectivity index (χ2v) is 13.9. The van der Waals surface area contributed by atoms with Gasteiger partial charge in [0.25, 0.3) is 0 Å². The first kappa shape index (κ1) is 21.2. The Labute approximate surface area is 158 Å². The minimum atomic E-state index is -1.85. The van der Waals surface area contributed by atoms with E-state index in [0.29, 0.717) is 18.8 Å². The van der Waals surface area contributed by atoms with E-state index in [9.17, 15) is 5.11 Å². The van der Waals surface area contributed by atoms with Crippen molar-refractivity contribution in [2.45, 2.75) is 77.5 Å². The molecule has 0 saturated carbocycles. The summed E-state index contributed by atoms with van der Waals surface area (Å²) >= 11 is 0. The Morgan fingerprint density at radius 3 is 2.50 bits per heavy atom. The maximum atomic E-state index is 10.4. The molecule has 5 nitrogen and oxygen atoms in total. The van der Waals surface area contributed by atoms with Crippen LogP contribution in [0.25, 0.3) is 0 Å². The van der Waals surface area contributed by atoms with Gasteiger partial charge in [0.15, 0.2) is 15.1 Å². The number of aliphatic hydroxyl groups excluding tert-OH is 1. The lowest BCUT2D eigenvalue weighted by Gasteiger charge is -2.38. The van der Waals surface area contributed by atoms with E-state index in [0.717, 1.165) is 16.9 Å². The van der Waals surface area contributed by atoms with Gasteiger partial charge in [0, 0.05) is 19.1 Å². The first-order valence-electron chi connectivity index (χ1n) is 9.16. The highest BCUT2D eigenvalue weighted by molar-refractivity contribution is 6.74. The molecule has 0 radical (unpaired) electrons. The van der Waals surface area contributed by atoms with E-state index in [1.54, 1.807) is 7.11 Å². The average molecular weight is 383 g/mol. The summed E-state index contributed by atoms with van der Waals surface area (Å²) in [6, 6.07) is 3.98. The minimum Gasteiger partial charge on any atom is -0.485 e. The largest absolute Gasteiger partial charge is 0.485 e. The standard InChI is InChI=1S/C20H34O5Si/c1-19(2,3)26(7,8)24-12-14-9-16(23-13-22-6)15-11-18(21)20(4,5)25-17(15)10-14/h9-10,18,21H,11-13H2,1-8H3/t18-/m0/s1. The van der Waals surface area contributed by atoms with Crippen LogP contribution in [0.15, 0.2) is 12.1 Å². The number of rotatable bonds is 6. The van der Waals surface area contributed by atoms with Crippen molar-refractivity contribution in [3.63, 3.8) is 0 Å². The molecule has 148 valence electrons. The summed E-state index contributed by atoms with van der Waals surface area (Å²) in [7, 11) is -0.263. The number of hydrogen-bond donors (Lipinski definition) is 1. The van der Waals surface area contributed by atoms with E-state index >= 15 is 0 Å². The Hall–Kier alpha value is -1.08. The third kappa shape index (κ3) is 4.60. The molecule has 1 aliphatic rings. The van der Waals surface area contributed by atoms with Crippen LogP contribution in [0.5, 0.6) is 11.5 Å². The summed E-state index contributed by atoms with van der Waals surface area (Å²) in [6.07, 6.45) is -0.0979. The van der Waals surface area contributed by atoms with E-state index in [2.05, 4.69) is 33.9 Å². The minimum absolute atomic E-state index is 0.151. The molecule has 0 spiro atoms. The van der Waals surface area contributed by atoms with E-state index in [1.165, 1.54) is 0 Å². The number of fused-ring (bicyclic) bond motifs is 1. The number of ether oxygens (including phenoxy) is 3.